The van der Waals surface area contributed by atoms with Crippen molar-refractivity contribution in [2.75, 3.05) is 33.7 Å². The van der Waals surface area contributed by atoms with Crippen molar-refractivity contribution in [1.29, 1.82) is 0 Å². The highest BCUT2D eigenvalue weighted by Crippen LogP contribution is 2.21. The van der Waals surface area contributed by atoms with Crippen molar-refractivity contribution < 1.29 is 0 Å². The average Bonchev–Trinajstić information content (AvgIpc) is 2.43. The Labute approximate surface area is 118 Å². The highest BCUT2D eigenvalue weighted by Gasteiger charge is 2.16. The van der Waals surface area contributed by atoms with Crippen molar-refractivity contribution in [2.24, 2.45) is 5.92 Å². The Hall–Kier alpha value is -0.860. The molecule has 1 aliphatic rings. The normalized spacial score (nSPS) is 18.1. The van der Waals surface area contributed by atoms with Gasteiger partial charge in [-0.2, -0.15) is 0 Å². The minimum absolute atomic E-state index is 0.889. The second-order valence-electron chi connectivity index (χ2n) is 6.10. The zero-order valence-corrected chi connectivity index (χ0v) is 12.7. The molecule has 1 aromatic carbocycles. The number of nitrogens with zero attached hydrogens (tertiary/aromatic N) is 2. The Bertz CT molecular complexity index is 363. The molecule has 2 nitrogen and oxygen atoms in total. The van der Waals surface area contributed by atoms with Crippen LogP contribution in [0.2, 0.25) is 0 Å². The first-order valence-corrected chi connectivity index (χ1v) is 7.62. The van der Waals surface area contributed by atoms with E-state index in [0.717, 1.165) is 19.0 Å². The summed E-state index contributed by atoms with van der Waals surface area (Å²) in [5.74, 6) is 0.889. The highest BCUT2D eigenvalue weighted by atomic mass is 15.1. The summed E-state index contributed by atoms with van der Waals surface area (Å²) in [6, 6.07) is 9.27. The Kier molecular flexibility index (Phi) is 5.41. The lowest BCUT2D eigenvalue weighted by atomic mass is 9.90. The van der Waals surface area contributed by atoms with Crippen molar-refractivity contribution in [1.82, 2.24) is 9.80 Å². The van der Waals surface area contributed by atoms with Gasteiger partial charge in [-0.15, -0.1) is 0 Å². The molecule has 0 atom stereocenters. The van der Waals surface area contributed by atoms with E-state index < -0.39 is 0 Å². The smallest absolute Gasteiger partial charge is 0.0230 e. The lowest BCUT2D eigenvalue weighted by molar-refractivity contribution is 0.219. The van der Waals surface area contributed by atoms with Crippen molar-refractivity contribution >= 4 is 0 Å². The van der Waals surface area contributed by atoms with E-state index in [1.165, 1.54) is 43.5 Å². The van der Waals surface area contributed by atoms with Crippen LogP contribution in [-0.2, 0) is 13.0 Å². The molecule has 0 bridgehead atoms. The van der Waals surface area contributed by atoms with E-state index in [1.807, 2.05) is 0 Å². The predicted octanol–water partition coefficient (Wildman–Crippen LogP) is 3.02. The van der Waals surface area contributed by atoms with E-state index in [1.54, 1.807) is 0 Å². The molecule has 0 aliphatic carbocycles. The fourth-order valence-electron chi connectivity index (χ4n) is 2.80. The van der Waals surface area contributed by atoms with Gasteiger partial charge in [0.25, 0.3) is 0 Å². The molecule has 1 fully saturated rings. The van der Waals surface area contributed by atoms with E-state index in [4.69, 9.17) is 0 Å². The van der Waals surface area contributed by atoms with Crippen LogP contribution in [0.15, 0.2) is 24.3 Å². The summed E-state index contributed by atoms with van der Waals surface area (Å²) in [4.78, 5) is 4.78. The minimum Gasteiger partial charge on any atom is -0.306 e. The standard InChI is InChI=1S/C17H28N2/c1-4-18(2)14-17-7-5-15(6-8-17)13-16-9-11-19(3)12-10-16/h5-8,16H,4,9-14H2,1-3H3. The first kappa shape index (κ1) is 14.5. The monoisotopic (exact) mass is 260 g/mol. The number of rotatable bonds is 5. The van der Waals surface area contributed by atoms with Gasteiger partial charge < -0.3 is 9.80 Å². The molecule has 19 heavy (non-hydrogen) atoms. The van der Waals surface area contributed by atoms with Crippen LogP contribution < -0.4 is 0 Å². The topological polar surface area (TPSA) is 6.48 Å². The summed E-state index contributed by atoms with van der Waals surface area (Å²) >= 11 is 0. The number of likely N-dealkylation sites (tertiary alicyclic amines) is 1. The minimum atomic E-state index is 0.889. The van der Waals surface area contributed by atoms with E-state index in [0.29, 0.717) is 0 Å². The van der Waals surface area contributed by atoms with Gasteiger partial charge in [0.05, 0.1) is 0 Å². The molecule has 1 aliphatic heterocycles. The molecule has 1 heterocycles. The zero-order chi connectivity index (χ0) is 13.7. The molecule has 2 heteroatoms. The summed E-state index contributed by atoms with van der Waals surface area (Å²) in [6.07, 6.45) is 3.98. The second kappa shape index (κ2) is 7.06. The molecule has 2 rings (SSSR count). The average molecular weight is 260 g/mol. The fraction of sp³-hybridized carbons (Fsp3) is 0.647. The molecule has 1 aromatic rings. The van der Waals surface area contributed by atoms with Gasteiger partial charge in [-0.1, -0.05) is 31.2 Å². The van der Waals surface area contributed by atoms with Gasteiger partial charge in [0, 0.05) is 6.54 Å². The summed E-state index contributed by atoms with van der Waals surface area (Å²) in [5, 5.41) is 0. The Morgan fingerprint density at radius 2 is 1.68 bits per heavy atom. The lowest BCUT2D eigenvalue weighted by Crippen LogP contribution is -2.30. The third kappa shape index (κ3) is 4.63. The number of benzene rings is 1. The SMILES string of the molecule is CCN(C)Cc1ccc(CC2CCN(C)CC2)cc1. The van der Waals surface area contributed by atoms with Gasteiger partial charge >= 0.3 is 0 Å². The van der Waals surface area contributed by atoms with E-state index in [9.17, 15) is 0 Å². The molecule has 106 valence electrons. The third-order valence-corrected chi connectivity index (χ3v) is 4.38. The summed E-state index contributed by atoms with van der Waals surface area (Å²) in [6.45, 7) is 6.91. The summed E-state index contributed by atoms with van der Waals surface area (Å²) in [7, 11) is 4.40. The van der Waals surface area contributed by atoms with Gasteiger partial charge in [0.1, 0.15) is 0 Å². The molecule has 0 radical (unpaired) electrons. The second-order valence-corrected chi connectivity index (χ2v) is 6.10. The maximum atomic E-state index is 2.44. The van der Waals surface area contributed by atoms with Crippen molar-refractivity contribution in [3.63, 3.8) is 0 Å². The first-order chi connectivity index (χ1) is 9.17. The first-order valence-electron chi connectivity index (χ1n) is 7.62. The van der Waals surface area contributed by atoms with Gasteiger partial charge in [-0.25, -0.2) is 0 Å². The van der Waals surface area contributed by atoms with Crippen LogP contribution in [0, 0.1) is 5.92 Å². The molecule has 0 saturated carbocycles. The molecule has 0 spiro atoms. The largest absolute Gasteiger partial charge is 0.306 e. The van der Waals surface area contributed by atoms with Gasteiger partial charge in [0.2, 0.25) is 0 Å². The van der Waals surface area contributed by atoms with Crippen LogP contribution in [-0.4, -0.2) is 43.5 Å². The van der Waals surface area contributed by atoms with E-state index >= 15 is 0 Å². The highest BCUT2D eigenvalue weighted by molar-refractivity contribution is 5.23. The quantitative estimate of drug-likeness (QED) is 0.803. The molecule has 0 amide bonds. The van der Waals surface area contributed by atoms with E-state index in [2.05, 4.69) is 55.1 Å². The molecule has 1 saturated heterocycles. The summed E-state index contributed by atoms with van der Waals surface area (Å²) < 4.78 is 0. The predicted molar refractivity (Wildman–Crippen MR) is 82.4 cm³/mol. The van der Waals surface area contributed by atoms with Crippen LogP contribution >= 0.6 is 0 Å². The molecular formula is C17H28N2. The number of hydrogen-bond acceptors (Lipinski definition) is 2. The van der Waals surface area contributed by atoms with Crippen LogP contribution in [0.4, 0.5) is 0 Å². The molecule has 0 aromatic heterocycles. The van der Waals surface area contributed by atoms with Crippen molar-refractivity contribution in [3.8, 4) is 0 Å². The van der Waals surface area contributed by atoms with Crippen molar-refractivity contribution in [2.45, 2.75) is 32.7 Å². The van der Waals surface area contributed by atoms with Crippen LogP contribution in [0.1, 0.15) is 30.9 Å². The van der Waals surface area contributed by atoms with Crippen molar-refractivity contribution in [3.05, 3.63) is 35.4 Å². The zero-order valence-electron chi connectivity index (χ0n) is 12.7. The van der Waals surface area contributed by atoms with Crippen LogP contribution in [0.5, 0.6) is 0 Å². The Morgan fingerprint density at radius 1 is 1.11 bits per heavy atom. The maximum absolute atomic E-state index is 2.44. The third-order valence-electron chi connectivity index (χ3n) is 4.38. The van der Waals surface area contributed by atoms with Gasteiger partial charge in [-0.3, -0.25) is 0 Å². The number of piperidine rings is 1. The maximum Gasteiger partial charge on any atom is 0.0230 e. The van der Waals surface area contributed by atoms with Crippen LogP contribution in [0.3, 0.4) is 0 Å². The molecule has 0 N–H and O–H groups in total. The molecular weight excluding hydrogens is 232 g/mol. The Morgan fingerprint density at radius 3 is 2.26 bits per heavy atom. The van der Waals surface area contributed by atoms with Gasteiger partial charge in [0.15, 0.2) is 0 Å². The fourth-order valence-corrected chi connectivity index (χ4v) is 2.80. The summed E-state index contributed by atoms with van der Waals surface area (Å²) in [5.41, 5.74) is 2.94. The Balaban J connectivity index is 1.84. The van der Waals surface area contributed by atoms with E-state index in [-0.39, 0.29) is 0 Å². The number of hydrogen-bond donors (Lipinski definition) is 0. The lowest BCUT2D eigenvalue weighted by Gasteiger charge is -2.29. The molecule has 0 unspecified atom stereocenters. The van der Waals surface area contributed by atoms with Gasteiger partial charge in [-0.05, 0) is 70.0 Å². The van der Waals surface area contributed by atoms with Crippen LogP contribution in [0.25, 0.3) is 0 Å².